The predicted molar refractivity (Wildman–Crippen MR) is 99.8 cm³/mol. The molecule has 0 bridgehead atoms. The molecule has 0 saturated carbocycles. The van der Waals surface area contributed by atoms with E-state index in [0.29, 0.717) is 0 Å². The molecule has 1 aliphatic heterocycles. The number of rotatable bonds is 6. The average molecular weight is 362 g/mol. The van der Waals surface area contributed by atoms with Gasteiger partial charge in [0.15, 0.2) is 11.5 Å². The van der Waals surface area contributed by atoms with E-state index < -0.39 is 0 Å². The number of hydrogen-bond acceptors (Lipinski definition) is 3. The Bertz CT molecular complexity index is 688. The number of fused-ring (bicyclic) bond motifs is 2. The lowest BCUT2D eigenvalue weighted by molar-refractivity contribution is -0.828. The Hall–Kier alpha value is -1.62. The van der Waals surface area contributed by atoms with Crippen LogP contribution in [0.15, 0.2) is 47.2 Å². The van der Waals surface area contributed by atoms with Gasteiger partial charge in [-0.25, -0.2) is 4.99 Å². The molecule has 3 rings (SSSR count). The number of benzene rings is 1. The maximum atomic E-state index is 6.22. The molecular weight excluding hydrogens is 334 g/mol. The molecule has 136 valence electrons. The molecule has 1 unspecified atom stereocenters. The number of nitrogens with zero attached hydrogens (tertiary/aromatic N) is 2. The largest absolute Gasteiger partial charge is 1.00 e. The predicted octanol–water partition coefficient (Wildman–Crippen LogP) is -0.124. The van der Waals surface area contributed by atoms with Crippen molar-refractivity contribution in [3.63, 3.8) is 0 Å². The van der Waals surface area contributed by atoms with Crippen molar-refractivity contribution in [3.8, 4) is 5.75 Å². The van der Waals surface area contributed by atoms with Crippen molar-refractivity contribution in [3.05, 3.63) is 42.2 Å². The summed E-state index contributed by atoms with van der Waals surface area (Å²) in [4.78, 5) is 8.63. The van der Waals surface area contributed by atoms with E-state index in [2.05, 4.69) is 69.0 Å². The van der Waals surface area contributed by atoms with Crippen molar-refractivity contribution in [2.75, 3.05) is 26.2 Å². The Morgan fingerprint density at radius 1 is 1.12 bits per heavy atom. The molecule has 5 heteroatoms. The van der Waals surface area contributed by atoms with E-state index in [1.165, 1.54) is 10.6 Å². The van der Waals surface area contributed by atoms with Crippen molar-refractivity contribution >= 4 is 17.1 Å². The zero-order valence-electron chi connectivity index (χ0n) is 15.6. The van der Waals surface area contributed by atoms with Gasteiger partial charge in [0.25, 0.3) is 0 Å². The molecule has 1 aliphatic carbocycles. The van der Waals surface area contributed by atoms with E-state index in [0.717, 1.165) is 49.1 Å². The number of allylic oxidation sites excluding steroid dienone is 1. The molecule has 0 spiro atoms. The highest BCUT2D eigenvalue weighted by atomic mass is 35.5. The molecular formula is C20H28ClN3O. The minimum Gasteiger partial charge on any atom is -1.00 e. The van der Waals surface area contributed by atoms with Gasteiger partial charge in [-0.05, 0) is 45.2 Å². The Balaban J connectivity index is 0.00000225. The van der Waals surface area contributed by atoms with Crippen LogP contribution in [-0.2, 0) is 0 Å². The van der Waals surface area contributed by atoms with Crippen LogP contribution in [0.5, 0.6) is 5.75 Å². The van der Waals surface area contributed by atoms with Gasteiger partial charge in [0.2, 0.25) is 0 Å². The first kappa shape index (κ1) is 19.7. The van der Waals surface area contributed by atoms with E-state index in [9.17, 15) is 0 Å². The van der Waals surface area contributed by atoms with Crippen molar-refractivity contribution in [2.24, 2.45) is 4.99 Å². The highest BCUT2D eigenvalue weighted by molar-refractivity contribution is 6.10. The van der Waals surface area contributed by atoms with Gasteiger partial charge in [0.05, 0.1) is 19.1 Å². The second kappa shape index (κ2) is 8.65. The van der Waals surface area contributed by atoms with Crippen LogP contribution in [0.4, 0.5) is 11.4 Å². The Morgan fingerprint density at radius 2 is 1.84 bits per heavy atom. The zero-order valence-corrected chi connectivity index (χ0v) is 16.3. The Labute approximate surface area is 157 Å². The Morgan fingerprint density at radius 3 is 2.48 bits per heavy atom. The monoisotopic (exact) mass is 361 g/mol. The third-order valence-electron chi connectivity index (χ3n) is 4.94. The lowest BCUT2D eigenvalue weighted by atomic mass is 10.0. The molecule has 0 amide bonds. The number of quaternary nitrogens is 1. The number of hydrogen-bond donors (Lipinski definition) is 1. The fourth-order valence-corrected chi connectivity index (χ4v) is 3.43. The fourth-order valence-electron chi connectivity index (χ4n) is 3.43. The van der Waals surface area contributed by atoms with Gasteiger partial charge in [0, 0.05) is 12.1 Å². The molecule has 0 aromatic heterocycles. The van der Waals surface area contributed by atoms with Gasteiger partial charge < -0.3 is 22.0 Å². The van der Waals surface area contributed by atoms with Gasteiger partial charge >= 0.3 is 0 Å². The van der Waals surface area contributed by atoms with Crippen LogP contribution >= 0.6 is 0 Å². The minimum atomic E-state index is 0. The fraction of sp³-hybridized carbons (Fsp3) is 0.450. The molecule has 1 atom stereocenters. The van der Waals surface area contributed by atoms with Crippen molar-refractivity contribution in [1.82, 2.24) is 4.90 Å². The molecule has 1 aromatic rings. The molecule has 1 aromatic carbocycles. The lowest BCUT2D eigenvalue weighted by Crippen LogP contribution is -3.06. The first-order chi connectivity index (χ1) is 11.7. The van der Waals surface area contributed by atoms with Crippen LogP contribution in [-0.4, -0.2) is 42.8 Å². The van der Waals surface area contributed by atoms with Crippen molar-refractivity contribution < 1.29 is 22.0 Å². The number of nitrogens with one attached hydrogen (secondary N) is 1. The maximum absolute atomic E-state index is 6.22. The summed E-state index contributed by atoms with van der Waals surface area (Å²) < 4.78 is 6.22. The van der Waals surface area contributed by atoms with Crippen LogP contribution in [0.2, 0.25) is 0 Å². The van der Waals surface area contributed by atoms with Crippen LogP contribution in [0, 0.1) is 0 Å². The number of halogens is 1. The van der Waals surface area contributed by atoms with Gasteiger partial charge in [-0.15, -0.1) is 0 Å². The molecule has 0 fully saturated rings. The minimum absolute atomic E-state index is 0. The lowest BCUT2D eigenvalue weighted by Gasteiger charge is -2.29. The van der Waals surface area contributed by atoms with Gasteiger partial charge in [-0.3, -0.25) is 4.90 Å². The normalized spacial score (nSPS) is 18.1. The third-order valence-corrected chi connectivity index (χ3v) is 4.94. The number of likely N-dealkylation sites (N-methyl/N-ethyl adjacent to an activating group) is 1. The van der Waals surface area contributed by atoms with E-state index in [-0.39, 0.29) is 18.4 Å². The van der Waals surface area contributed by atoms with Crippen LogP contribution in [0.25, 0.3) is 0 Å². The molecule has 25 heavy (non-hydrogen) atoms. The van der Waals surface area contributed by atoms with Gasteiger partial charge in [0.1, 0.15) is 17.1 Å². The summed E-state index contributed by atoms with van der Waals surface area (Å²) in [6, 6.07) is 6.66. The maximum Gasteiger partial charge on any atom is 0.159 e. The molecule has 4 nitrogen and oxygen atoms in total. The highest BCUT2D eigenvalue weighted by Crippen LogP contribution is 2.36. The average Bonchev–Trinajstić information content (AvgIpc) is 2.62. The second-order valence-corrected chi connectivity index (χ2v) is 6.19. The SMILES string of the molecule is CCN(CC)C1C=CC2=Nc3ccc([NH+](CC)CC)cc3OC2=C1.[Cl-]. The van der Waals surface area contributed by atoms with E-state index in [4.69, 9.17) is 9.73 Å². The van der Waals surface area contributed by atoms with Gasteiger partial charge in [-0.2, -0.15) is 0 Å². The molecule has 1 N–H and O–H groups in total. The summed E-state index contributed by atoms with van der Waals surface area (Å²) in [5, 5.41) is 0. The van der Waals surface area contributed by atoms with Gasteiger partial charge in [-0.1, -0.05) is 19.9 Å². The first-order valence-electron chi connectivity index (χ1n) is 9.10. The number of ether oxygens (including phenoxy) is 1. The summed E-state index contributed by atoms with van der Waals surface area (Å²) in [6.45, 7) is 13.0. The second-order valence-electron chi connectivity index (χ2n) is 6.19. The molecule has 0 saturated heterocycles. The topological polar surface area (TPSA) is 29.3 Å². The summed E-state index contributed by atoms with van der Waals surface area (Å²) >= 11 is 0. The van der Waals surface area contributed by atoms with Crippen molar-refractivity contribution in [2.45, 2.75) is 33.7 Å². The third kappa shape index (κ3) is 3.97. The Kier molecular flexibility index (Phi) is 6.82. The summed E-state index contributed by atoms with van der Waals surface area (Å²) in [5.74, 6) is 1.75. The van der Waals surface area contributed by atoms with Crippen LogP contribution < -0.4 is 22.0 Å². The van der Waals surface area contributed by atoms with Crippen LogP contribution in [0.1, 0.15) is 27.7 Å². The molecule has 2 aliphatic rings. The van der Waals surface area contributed by atoms with Crippen molar-refractivity contribution in [1.29, 1.82) is 0 Å². The molecule has 0 radical (unpaired) electrons. The standard InChI is InChI=1S/C20H27N3O.ClH/c1-5-22(6-2)15-9-11-17-19(13-15)24-20-14-16(23(7-3)8-4)10-12-18(20)21-17;/h9-15H,5-8H2,1-4H3;1H. The highest BCUT2D eigenvalue weighted by Gasteiger charge is 2.24. The zero-order chi connectivity index (χ0) is 17.1. The summed E-state index contributed by atoms with van der Waals surface area (Å²) in [7, 11) is 0. The first-order valence-corrected chi connectivity index (χ1v) is 9.10. The number of aliphatic imine (C=N–C) groups is 1. The summed E-state index contributed by atoms with van der Waals surface area (Å²) in [6.07, 6.45) is 6.48. The quantitative estimate of drug-likeness (QED) is 0.765. The van der Waals surface area contributed by atoms with E-state index in [1.54, 1.807) is 0 Å². The molecule has 1 heterocycles. The van der Waals surface area contributed by atoms with E-state index in [1.807, 2.05) is 0 Å². The summed E-state index contributed by atoms with van der Waals surface area (Å²) in [5.41, 5.74) is 3.11. The smallest absolute Gasteiger partial charge is 0.159 e. The van der Waals surface area contributed by atoms with E-state index >= 15 is 0 Å². The van der Waals surface area contributed by atoms with Crippen LogP contribution in [0.3, 0.4) is 0 Å².